The zero-order valence-corrected chi connectivity index (χ0v) is 10.1. The van der Waals surface area contributed by atoms with E-state index >= 15 is 0 Å². The maximum absolute atomic E-state index is 13.5. The van der Waals surface area contributed by atoms with Gasteiger partial charge >= 0.3 is 0 Å². The number of carbonyl (C=O) groups is 1. The molecule has 3 nitrogen and oxygen atoms in total. The Kier molecular flexibility index (Phi) is 3.34. The van der Waals surface area contributed by atoms with Crippen molar-refractivity contribution in [1.29, 1.82) is 0 Å². The Morgan fingerprint density at radius 1 is 1.44 bits per heavy atom. The normalized spacial score (nSPS) is 24.1. The minimum absolute atomic E-state index is 0.158. The molecular formula is C13H15F2NO2. The first-order valence-corrected chi connectivity index (χ1v) is 5.86. The second-order valence-corrected chi connectivity index (χ2v) is 4.95. The Bertz CT molecular complexity index is 474. The van der Waals surface area contributed by atoms with Gasteiger partial charge in [0.2, 0.25) is 0 Å². The Morgan fingerprint density at radius 2 is 2.17 bits per heavy atom. The maximum atomic E-state index is 13.5. The fourth-order valence-electron chi connectivity index (χ4n) is 2.23. The zero-order chi connectivity index (χ0) is 13.3. The van der Waals surface area contributed by atoms with Crippen molar-refractivity contribution < 1.29 is 18.7 Å². The van der Waals surface area contributed by atoms with Crippen molar-refractivity contribution in [2.24, 2.45) is 0 Å². The molecule has 1 atom stereocenters. The first-order chi connectivity index (χ1) is 8.39. The number of amides is 1. The third kappa shape index (κ3) is 2.67. The molecule has 18 heavy (non-hydrogen) atoms. The van der Waals surface area contributed by atoms with E-state index in [1.165, 1.54) is 4.90 Å². The van der Waals surface area contributed by atoms with Gasteiger partial charge in [0.1, 0.15) is 11.6 Å². The first kappa shape index (κ1) is 13.0. The summed E-state index contributed by atoms with van der Waals surface area (Å²) in [5, 5.41) is 9.91. The van der Waals surface area contributed by atoms with Crippen molar-refractivity contribution in [3.05, 3.63) is 35.4 Å². The molecule has 1 N–H and O–H groups in total. The van der Waals surface area contributed by atoms with Crippen LogP contribution in [0, 0.1) is 11.6 Å². The van der Waals surface area contributed by atoms with E-state index in [0.717, 1.165) is 12.1 Å². The summed E-state index contributed by atoms with van der Waals surface area (Å²) in [4.78, 5) is 13.5. The van der Waals surface area contributed by atoms with Crippen LogP contribution in [0.5, 0.6) is 0 Å². The topological polar surface area (TPSA) is 40.5 Å². The number of nitrogens with zero attached hydrogens (tertiary/aromatic N) is 1. The largest absolute Gasteiger partial charge is 0.388 e. The van der Waals surface area contributed by atoms with Crippen LogP contribution in [0.1, 0.15) is 30.1 Å². The van der Waals surface area contributed by atoms with Crippen LogP contribution in [0.25, 0.3) is 0 Å². The Labute approximate surface area is 104 Å². The molecule has 1 unspecified atom stereocenters. The van der Waals surface area contributed by atoms with E-state index in [2.05, 4.69) is 0 Å². The predicted molar refractivity (Wildman–Crippen MR) is 62.1 cm³/mol. The van der Waals surface area contributed by atoms with Gasteiger partial charge in [-0.15, -0.1) is 0 Å². The highest BCUT2D eigenvalue weighted by molar-refractivity contribution is 5.94. The molecule has 1 heterocycles. The van der Waals surface area contributed by atoms with E-state index in [1.807, 2.05) is 0 Å². The summed E-state index contributed by atoms with van der Waals surface area (Å²) in [5.74, 6) is -2.09. The monoisotopic (exact) mass is 255 g/mol. The number of benzene rings is 1. The van der Waals surface area contributed by atoms with E-state index < -0.39 is 23.1 Å². The van der Waals surface area contributed by atoms with Crippen LogP contribution in [0.4, 0.5) is 8.78 Å². The van der Waals surface area contributed by atoms with Gasteiger partial charge < -0.3 is 10.0 Å². The fraction of sp³-hybridized carbons (Fsp3) is 0.462. The summed E-state index contributed by atoms with van der Waals surface area (Å²) < 4.78 is 26.3. The lowest BCUT2D eigenvalue weighted by molar-refractivity contribution is -0.0109. The van der Waals surface area contributed by atoms with Crippen LogP contribution in [-0.2, 0) is 0 Å². The molecule has 0 aliphatic carbocycles. The van der Waals surface area contributed by atoms with Crippen LogP contribution >= 0.6 is 0 Å². The minimum atomic E-state index is -0.940. The number of aliphatic hydroxyl groups is 1. The number of likely N-dealkylation sites (tertiary alicyclic amines) is 1. The molecule has 0 spiro atoms. The van der Waals surface area contributed by atoms with Gasteiger partial charge in [0, 0.05) is 19.2 Å². The van der Waals surface area contributed by atoms with Crippen LogP contribution < -0.4 is 0 Å². The number of carbonyl (C=O) groups excluding carboxylic acids is 1. The van der Waals surface area contributed by atoms with E-state index in [4.69, 9.17) is 0 Å². The van der Waals surface area contributed by atoms with Crippen molar-refractivity contribution in [3.8, 4) is 0 Å². The average molecular weight is 255 g/mol. The molecule has 0 aromatic heterocycles. The molecule has 1 saturated heterocycles. The highest BCUT2D eigenvalue weighted by atomic mass is 19.1. The number of hydrogen-bond acceptors (Lipinski definition) is 2. The standard InChI is InChI=1S/C13H15F2NO2/c1-13(18)5-2-6-16(8-13)12(17)10-4-3-9(14)7-11(10)15/h3-4,7,18H,2,5-6,8H2,1H3. The number of piperidine rings is 1. The average Bonchev–Trinajstić information content (AvgIpc) is 2.27. The van der Waals surface area contributed by atoms with Gasteiger partial charge in [-0.05, 0) is 31.9 Å². The molecule has 98 valence electrons. The second kappa shape index (κ2) is 4.65. The number of β-amino-alcohol motifs (C(OH)–C–C–N with tert-alkyl or cyclic N) is 1. The molecular weight excluding hydrogens is 240 g/mol. The lowest BCUT2D eigenvalue weighted by atomic mass is 9.94. The molecule has 1 fully saturated rings. The lowest BCUT2D eigenvalue weighted by Gasteiger charge is -2.36. The SMILES string of the molecule is CC1(O)CCCN(C(=O)c2ccc(F)cc2F)C1. The highest BCUT2D eigenvalue weighted by Gasteiger charge is 2.32. The van der Waals surface area contributed by atoms with Crippen LogP contribution in [0.3, 0.4) is 0 Å². The zero-order valence-electron chi connectivity index (χ0n) is 10.1. The van der Waals surface area contributed by atoms with E-state index in [9.17, 15) is 18.7 Å². The van der Waals surface area contributed by atoms with E-state index in [1.54, 1.807) is 6.92 Å². The van der Waals surface area contributed by atoms with Gasteiger partial charge in [0.15, 0.2) is 0 Å². The van der Waals surface area contributed by atoms with E-state index in [-0.39, 0.29) is 12.1 Å². The van der Waals surface area contributed by atoms with Gasteiger partial charge in [-0.25, -0.2) is 8.78 Å². The summed E-state index contributed by atoms with van der Waals surface area (Å²) in [7, 11) is 0. The summed E-state index contributed by atoms with van der Waals surface area (Å²) in [6.07, 6.45) is 1.28. The van der Waals surface area contributed by atoms with Crippen molar-refractivity contribution in [3.63, 3.8) is 0 Å². The molecule has 1 aromatic carbocycles. The molecule has 5 heteroatoms. The molecule has 1 aliphatic heterocycles. The second-order valence-electron chi connectivity index (χ2n) is 4.95. The Hall–Kier alpha value is -1.49. The lowest BCUT2D eigenvalue weighted by Crippen LogP contribution is -2.48. The summed E-state index contributed by atoms with van der Waals surface area (Å²) in [5.41, 5.74) is -1.10. The highest BCUT2D eigenvalue weighted by Crippen LogP contribution is 2.22. The van der Waals surface area contributed by atoms with Crippen molar-refractivity contribution in [1.82, 2.24) is 4.90 Å². The summed E-state index contributed by atoms with van der Waals surface area (Å²) in [6, 6.07) is 2.88. The minimum Gasteiger partial charge on any atom is -0.388 e. The van der Waals surface area contributed by atoms with Crippen LogP contribution in [-0.4, -0.2) is 34.6 Å². The van der Waals surface area contributed by atoms with Crippen molar-refractivity contribution in [2.45, 2.75) is 25.4 Å². The molecule has 0 saturated carbocycles. The number of rotatable bonds is 1. The van der Waals surface area contributed by atoms with Crippen LogP contribution in [0.2, 0.25) is 0 Å². The Morgan fingerprint density at radius 3 is 2.78 bits per heavy atom. The Balaban J connectivity index is 2.20. The third-order valence-corrected chi connectivity index (χ3v) is 3.12. The van der Waals surface area contributed by atoms with Gasteiger partial charge in [0.05, 0.1) is 11.2 Å². The molecule has 1 aliphatic rings. The molecule has 0 radical (unpaired) electrons. The quantitative estimate of drug-likeness (QED) is 0.833. The first-order valence-electron chi connectivity index (χ1n) is 5.86. The van der Waals surface area contributed by atoms with Crippen molar-refractivity contribution >= 4 is 5.91 Å². The van der Waals surface area contributed by atoms with E-state index in [0.29, 0.717) is 25.5 Å². The third-order valence-electron chi connectivity index (χ3n) is 3.12. The van der Waals surface area contributed by atoms with Gasteiger partial charge in [-0.2, -0.15) is 0 Å². The van der Waals surface area contributed by atoms with Crippen LogP contribution in [0.15, 0.2) is 18.2 Å². The fourth-order valence-corrected chi connectivity index (χ4v) is 2.23. The number of hydrogen-bond donors (Lipinski definition) is 1. The van der Waals surface area contributed by atoms with Gasteiger partial charge in [-0.3, -0.25) is 4.79 Å². The molecule has 1 aromatic rings. The summed E-state index contributed by atoms with van der Waals surface area (Å²) >= 11 is 0. The summed E-state index contributed by atoms with van der Waals surface area (Å²) in [6.45, 7) is 2.29. The van der Waals surface area contributed by atoms with Crippen molar-refractivity contribution in [2.75, 3.05) is 13.1 Å². The molecule has 2 rings (SSSR count). The molecule has 0 bridgehead atoms. The molecule has 1 amide bonds. The maximum Gasteiger partial charge on any atom is 0.256 e. The van der Waals surface area contributed by atoms with Gasteiger partial charge in [0.25, 0.3) is 5.91 Å². The predicted octanol–water partition coefficient (Wildman–Crippen LogP) is 1.95. The number of halogens is 2. The smallest absolute Gasteiger partial charge is 0.256 e. The van der Waals surface area contributed by atoms with Gasteiger partial charge in [-0.1, -0.05) is 0 Å².